The van der Waals surface area contributed by atoms with E-state index in [2.05, 4.69) is 36.5 Å². The zero-order valence-electron chi connectivity index (χ0n) is 15.5. The molecule has 0 radical (unpaired) electrons. The zero-order valence-corrected chi connectivity index (χ0v) is 16.3. The smallest absolute Gasteiger partial charge is 0.258 e. The molecule has 0 fully saturated rings. The standard InChI is InChI=1S/C22H23NO3S/c1-3-16-6-8-17(9-7-16)22(20-5-4-14-27-20)23-21(24)15-26-19-12-10-18(25-2)11-13-19/h4-14,22H,3,15H2,1-2H3,(H,23,24)/t22-/m0/s1. The fourth-order valence-electron chi connectivity index (χ4n) is 2.74. The highest BCUT2D eigenvalue weighted by Crippen LogP contribution is 2.26. The van der Waals surface area contributed by atoms with E-state index in [1.165, 1.54) is 5.56 Å². The predicted molar refractivity (Wildman–Crippen MR) is 109 cm³/mol. The first-order valence-corrected chi connectivity index (χ1v) is 9.76. The number of benzene rings is 2. The molecule has 140 valence electrons. The van der Waals surface area contributed by atoms with Crippen LogP contribution in [0, 0.1) is 0 Å². The summed E-state index contributed by atoms with van der Waals surface area (Å²) in [7, 11) is 1.61. The lowest BCUT2D eigenvalue weighted by molar-refractivity contribution is -0.123. The van der Waals surface area contributed by atoms with Crippen LogP contribution in [0.4, 0.5) is 0 Å². The predicted octanol–water partition coefficient (Wildman–Crippen LogP) is 4.60. The van der Waals surface area contributed by atoms with Gasteiger partial charge in [0.2, 0.25) is 0 Å². The second-order valence-electron chi connectivity index (χ2n) is 6.08. The van der Waals surface area contributed by atoms with Gasteiger partial charge in [0.25, 0.3) is 5.91 Å². The van der Waals surface area contributed by atoms with E-state index >= 15 is 0 Å². The van der Waals surface area contributed by atoms with E-state index in [0.717, 1.165) is 22.6 Å². The Bertz CT molecular complexity index is 842. The fourth-order valence-corrected chi connectivity index (χ4v) is 3.55. The highest BCUT2D eigenvalue weighted by molar-refractivity contribution is 7.10. The molecular weight excluding hydrogens is 358 g/mol. The molecular formula is C22H23NO3S. The van der Waals surface area contributed by atoms with Crippen molar-refractivity contribution in [3.63, 3.8) is 0 Å². The van der Waals surface area contributed by atoms with Crippen molar-refractivity contribution in [1.29, 1.82) is 0 Å². The average molecular weight is 381 g/mol. The molecule has 0 aliphatic carbocycles. The average Bonchev–Trinajstić information content (AvgIpc) is 3.25. The SMILES string of the molecule is CCc1ccc([C@H](NC(=O)COc2ccc(OC)cc2)c2cccs2)cc1. The molecule has 0 saturated carbocycles. The molecule has 0 bridgehead atoms. The van der Waals surface area contributed by atoms with Crippen molar-refractivity contribution in [3.8, 4) is 11.5 Å². The Labute approximate surface area is 163 Å². The highest BCUT2D eigenvalue weighted by Gasteiger charge is 2.18. The van der Waals surface area contributed by atoms with E-state index < -0.39 is 0 Å². The van der Waals surface area contributed by atoms with Gasteiger partial charge in [-0.1, -0.05) is 37.3 Å². The Morgan fingerprint density at radius 3 is 2.33 bits per heavy atom. The lowest BCUT2D eigenvalue weighted by Crippen LogP contribution is -2.32. The maximum Gasteiger partial charge on any atom is 0.258 e. The summed E-state index contributed by atoms with van der Waals surface area (Å²) in [6.45, 7) is 2.09. The molecule has 1 atom stereocenters. The second-order valence-corrected chi connectivity index (χ2v) is 7.05. The number of hydrogen-bond acceptors (Lipinski definition) is 4. The summed E-state index contributed by atoms with van der Waals surface area (Å²) in [5.41, 5.74) is 2.34. The van der Waals surface area contributed by atoms with Crippen LogP contribution >= 0.6 is 11.3 Å². The van der Waals surface area contributed by atoms with Crippen LogP contribution in [0.25, 0.3) is 0 Å². The summed E-state index contributed by atoms with van der Waals surface area (Å²) >= 11 is 1.63. The summed E-state index contributed by atoms with van der Waals surface area (Å²) in [5.74, 6) is 1.22. The fraction of sp³-hybridized carbons (Fsp3) is 0.227. The van der Waals surface area contributed by atoms with Gasteiger partial charge >= 0.3 is 0 Å². The van der Waals surface area contributed by atoms with Gasteiger partial charge in [0.05, 0.1) is 13.2 Å². The van der Waals surface area contributed by atoms with Crippen LogP contribution in [0.3, 0.4) is 0 Å². The Kier molecular flexibility index (Phi) is 6.49. The quantitative estimate of drug-likeness (QED) is 0.620. The van der Waals surface area contributed by atoms with E-state index in [0.29, 0.717) is 5.75 Å². The van der Waals surface area contributed by atoms with Crippen LogP contribution in [0.15, 0.2) is 66.0 Å². The van der Waals surface area contributed by atoms with Gasteiger partial charge in [-0.2, -0.15) is 0 Å². The molecule has 5 heteroatoms. The Balaban J connectivity index is 1.66. The number of hydrogen-bond donors (Lipinski definition) is 1. The first-order valence-electron chi connectivity index (χ1n) is 8.88. The molecule has 1 aromatic heterocycles. The van der Waals surface area contributed by atoms with Crippen molar-refractivity contribution >= 4 is 17.2 Å². The third-order valence-electron chi connectivity index (χ3n) is 4.28. The first kappa shape index (κ1) is 19.0. The van der Waals surface area contributed by atoms with Gasteiger partial charge in [-0.3, -0.25) is 4.79 Å². The summed E-state index contributed by atoms with van der Waals surface area (Å²) in [6.07, 6.45) is 0.992. The van der Waals surface area contributed by atoms with Crippen molar-refractivity contribution in [2.24, 2.45) is 0 Å². The van der Waals surface area contributed by atoms with E-state index in [1.54, 1.807) is 42.7 Å². The number of nitrogens with one attached hydrogen (secondary N) is 1. The molecule has 3 rings (SSSR count). The molecule has 3 aromatic rings. The topological polar surface area (TPSA) is 47.6 Å². The monoisotopic (exact) mass is 381 g/mol. The van der Waals surface area contributed by atoms with Crippen molar-refractivity contribution in [1.82, 2.24) is 5.32 Å². The first-order chi connectivity index (χ1) is 13.2. The van der Waals surface area contributed by atoms with Crippen molar-refractivity contribution in [2.75, 3.05) is 13.7 Å². The molecule has 1 amide bonds. The molecule has 0 aliphatic heterocycles. The number of carbonyl (C=O) groups excluding carboxylic acids is 1. The van der Waals surface area contributed by atoms with Crippen LogP contribution in [0.1, 0.15) is 29.0 Å². The van der Waals surface area contributed by atoms with E-state index in [9.17, 15) is 4.79 Å². The number of aryl methyl sites for hydroxylation is 1. The van der Waals surface area contributed by atoms with Crippen LogP contribution in [-0.4, -0.2) is 19.6 Å². The normalized spacial score (nSPS) is 11.6. The summed E-state index contributed by atoms with van der Waals surface area (Å²) < 4.78 is 10.7. The van der Waals surface area contributed by atoms with Crippen molar-refractivity contribution in [3.05, 3.63) is 82.0 Å². The molecule has 0 unspecified atom stereocenters. The number of thiophene rings is 1. The van der Waals surface area contributed by atoms with Gasteiger partial charge in [-0.15, -0.1) is 11.3 Å². The molecule has 1 N–H and O–H groups in total. The maximum absolute atomic E-state index is 12.5. The third kappa shape index (κ3) is 5.11. The third-order valence-corrected chi connectivity index (χ3v) is 5.22. The molecule has 27 heavy (non-hydrogen) atoms. The number of carbonyl (C=O) groups is 1. The van der Waals surface area contributed by atoms with Crippen LogP contribution < -0.4 is 14.8 Å². The van der Waals surface area contributed by atoms with Gasteiger partial charge in [-0.25, -0.2) is 0 Å². The van der Waals surface area contributed by atoms with E-state index in [-0.39, 0.29) is 18.6 Å². The van der Waals surface area contributed by atoms with Crippen LogP contribution in [-0.2, 0) is 11.2 Å². The summed E-state index contributed by atoms with van der Waals surface area (Å²) in [5, 5.41) is 5.10. The van der Waals surface area contributed by atoms with Crippen molar-refractivity contribution in [2.45, 2.75) is 19.4 Å². The van der Waals surface area contributed by atoms with E-state index in [1.807, 2.05) is 17.5 Å². The maximum atomic E-state index is 12.5. The molecule has 4 nitrogen and oxygen atoms in total. The van der Waals surface area contributed by atoms with Gasteiger partial charge in [-0.05, 0) is 53.3 Å². The van der Waals surface area contributed by atoms with Crippen LogP contribution in [0.2, 0.25) is 0 Å². The number of rotatable bonds is 8. The van der Waals surface area contributed by atoms with Crippen LogP contribution in [0.5, 0.6) is 11.5 Å². The molecule has 1 heterocycles. The summed E-state index contributed by atoms with van der Waals surface area (Å²) in [6, 6.07) is 19.4. The van der Waals surface area contributed by atoms with Gasteiger partial charge in [0.1, 0.15) is 11.5 Å². The zero-order chi connectivity index (χ0) is 19.1. The highest BCUT2D eigenvalue weighted by atomic mass is 32.1. The minimum Gasteiger partial charge on any atom is -0.497 e. The molecule has 2 aromatic carbocycles. The molecule has 0 aliphatic rings. The molecule has 0 spiro atoms. The van der Waals surface area contributed by atoms with Gasteiger partial charge in [0, 0.05) is 4.88 Å². The van der Waals surface area contributed by atoms with Crippen molar-refractivity contribution < 1.29 is 14.3 Å². The van der Waals surface area contributed by atoms with E-state index in [4.69, 9.17) is 9.47 Å². The number of amides is 1. The minimum absolute atomic E-state index is 0.0404. The number of ether oxygens (including phenoxy) is 2. The second kappa shape index (κ2) is 9.24. The Hall–Kier alpha value is -2.79. The van der Waals surface area contributed by atoms with Gasteiger partial charge < -0.3 is 14.8 Å². The lowest BCUT2D eigenvalue weighted by Gasteiger charge is -2.19. The lowest BCUT2D eigenvalue weighted by atomic mass is 10.0. The summed E-state index contributed by atoms with van der Waals surface area (Å²) in [4.78, 5) is 13.6. The molecule has 0 saturated heterocycles. The Morgan fingerprint density at radius 1 is 1.04 bits per heavy atom. The number of methoxy groups -OCH3 is 1. The largest absolute Gasteiger partial charge is 0.497 e. The minimum atomic E-state index is -0.178. The Morgan fingerprint density at radius 2 is 1.74 bits per heavy atom. The van der Waals surface area contributed by atoms with Gasteiger partial charge in [0.15, 0.2) is 6.61 Å².